The van der Waals surface area contributed by atoms with E-state index in [1.165, 1.54) is 19.1 Å². The Morgan fingerprint density at radius 2 is 1.97 bits per heavy atom. The summed E-state index contributed by atoms with van der Waals surface area (Å²) in [4.78, 5) is 28.0. The van der Waals surface area contributed by atoms with Gasteiger partial charge in [0, 0.05) is 30.0 Å². The molecule has 2 bridgehead atoms. The van der Waals surface area contributed by atoms with Crippen LogP contribution in [0.3, 0.4) is 0 Å². The molecule has 1 aromatic heterocycles. The molecule has 0 aliphatic carbocycles. The molecule has 9 heteroatoms. The summed E-state index contributed by atoms with van der Waals surface area (Å²) in [5, 5.41) is 6.84. The average Bonchev–Trinajstić information content (AvgIpc) is 3.48. The van der Waals surface area contributed by atoms with Crippen molar-refractivity contribution in [2.24, 2.45) is 11.8 Å². The standard InChI is InChI=1S/C21H21N3O6/c1-11-6-16(23-30-11)24-10-21-5-4-15(29-21)17(18(21)20(24)26)19(25)22-12-7-13(27-2)9-14(8-12)28-3/h4-9,15,17-18H,10H2,1-3H3,(H,22,25)/t15-,17-,18-,21+/m1/s1. The minimum Gasteiger partial charge on any atom is -0.497 e. The SMILES string of the molecule is COc1cc(NC(=O)[C@@H]2[C@H]3C=C[C@@]4(CN(c5cc(C)on5)C(=O)[C@@H]24)O3)cc(OC)c1. The Balaban J connectivity index is 1.42. The highest BCUT2D eigenvalue weighted by molar-refractivity contribution is 6.05. The average molecular weight is 411 g/mol. The monoisotopic (exact) mass is 411 g/mol. The van der Waals surface area contributed by atoms with Crippen LogP contribution in [0.25, 0.3) is 0 Å². The Labute approximate surface area is 172 Å². The number of aryl methyl sites for hydroxylation is 1. The number of rotatable bonds is 5. The van der Waals surface area contributed by atoms with Crippen LogP contribution in [0.5, 0.6) is 11.5 Å². The van der Waals surface area contributed by atoms with E-state index in [2.05, 4.69) is 10.5 Å². The fourth-order valence-electron chi connectivity index (χ4n) is 4.58. The van der Waals surface area contributed by atoms with Crippen molar-refractivity contribution < 1.29 is 28.3 Å². The summed E-state index contributed by atoms with van der Waals surface area (Å²) < 4.78 is 21.8. The van der Waals surface area contributed by atoms with Crippen molar-refractivity contribution in [3.63, 3.8) is 0 Å². The lowest BCUT2D eigenvalue weighted by molar-refractivity contribution is -0.128. The first kappa shape index (κ1) is 18.7. The molecule has 4 atom stereocenters. The van der Waals surface area contributed by atoms with Gasteiger partial charge in [-0.15, -0.1) is 0 Å². The molecule has 2 aromatic rings. The number of fused-ring (bicyclic) bond motifs is 1. The van der Waals surface area contributed by atoms with Crippen LogP contribution in [0, 0.1) is 18.8 Å². The molecule has 2 saturated heterocycles. The molecular weight excluding hydrogens is 390 g/mol. The third-order valence-corrected chi connectivity index (χ3v) is 5.91. The van der Waals surface area contributed by atoms with Crippen molar-refractivity contribution in [2.75, 3.05) is 31.0 Å². The first-order valence-corrected chi connectivity index (χ1v) is 9.60. The number of hydrogen-bond acceptors (Lipinski definition) is 7. The van der Waals surface area contributed by atoms with Crippen molar-refractivity contribution in [3.05, 3.63) is 42.2 Å². The number of ether oxygens (including phenoxy) is 3. The maximum Gasteiger partial charge on any atom is 0.235 e. The van der Waals surface area contributed by atoms with Gasteiger partial charge >= 0.3 is 0 Å². The molecule has 3 aliphatic rings. The van der Waals surface area contributed by atoms with E-state index < -0.39 is 23.5 Å². The van der Waals surface area contributed by atoms with Crippen LogP contribution < -0.4 is 19.7 Å². The van der Waals surface area contributed by atoms with Crippen LogP contribution in [0.4, 0.5) is 11.5 Å². The summed E-state index contributed by atoms with van der Waals surface area (Å²) in [5.41, 5.74) is -0.311. The zero-order chi connectivity index (χ0) is 21.0. The van der Waals surface area contributed by atoms with Crippen LogP contribution in [-0.4, -0.2) is 49.4 Å². The lowest BCUT2D eigenvalue weighted by Gasteiger charge is -2.23. The fraction of sp³-hybridized carbons (Fsp3) is 0.381. The molecule has 30 heavy (non-hydrogen) atoms. The van der Waals surface area contributed by atoms with Crippen molar-refractivity contribution in [1.82, 2.24) is 5.16 Å². The number of carbonyl (C=O) groups excluding carboxylic acids is 2. The summed E-state index contributed by atoms with van der Waals surface area (Å²) >= 11 is 0. The van der Waals surface area contributed by atoms with Gasteiger partial charge in [0.25, 0.3) is 0 Å². The number of amides is 2. The number of carbonyl (C=O) groups is 2. The van der Waals surface area contributed by atoms with Gasteiger partial charge in [-0.05, 0) is 6.92 Å². The highest BCUT2D eigenvalue weighted by Crippen LogP contribution is 2.52. The van der Waals surface area contributed by atoms with E-state index in [1.54, 1.807) is 31.2 Å². The number of anilines is 2. The molecule has 2 amide bonds. The van der Waals surface area contributed by atoms with Crippen LogP contribution in [0.1, 0.15) is 5.76 Å². The lowest BCUT2D eigenvalue weighted by atomic mass is 9.77. The quantitative estimate of drug-likeness (QED) is 0.750. The highest BCUT2D eigenvalue weighted by Gasteiger charge is 2.67. The Morgan fingerprint density at radius 1 is 1.23 bits per heavy atom. The van der Waals surface area contributed by atoms with E-state index in [4.69, 9.17) is 18.7 Å². The predicted octanol–water partition coefficient (Wildman–Crippen LogP) is 1.93. The third-order valence-electron chi connectivity index (χ3n) is 5.91. The van der Waals surface area contributed by atoms with Gasteiger partial charge in [0.05, 0.1) is 38.7 Å². The molecule has 0 radical (unpaired) electrons. The summed E-state index contributed by atoms with van der Waals surface area (Å²) in [5.74, 6) is 0.364. The van der Waals surface area contributed by atoms with E-state index in [-0.39, 0.29) is 11.8 Å². The first-order valence-electron chi connectivity index (χ1n) is 9.60. The predicted molar refractivity (Wildman–Crippen MR) is 105 cm³/mol. The molecule has 1 spiro atoms. The maximum absolute atomic E-state index is 13.3. The van der Waals surface area contributed by atoms with Gasteiger partial charge in [-0.1, -0.05) is 17.3 Å². The molecule has 9 nitrogen and oxygen atoms in total. The second-order valence-electron chi connectivity index (χ2n) is 7.71. The Kier molecular flexibility index (Phi) is 4.11. The van der Waals surface area contributed by atoms with Gasteiger partial charge in [0.15, 0.2) is 5.82 Å². The minimum atomic E-state index is -0.831. The Morgan fingerprint density at radius 3 is 2.60 bits per heavy atom. The minimum absolute atomic E-state index is 0.196. The second-order valence-corrected chi connectivity index (χ2v) is 7.71. The molecule has 4 heterocycles. The molecule has 1 N–H and O–H groups in total. The van der Waals surface area contributed by atoms with Crippen LogP contribution >= 0.6 is 0 Å². The molecule has 5 rings (SSSR count). The van der Waals surface area contributed by atoms with Gasteiger partial charge in [-0.3, -0.25) is 14.5 Å². The summed E-state index contributed by atoms with van der Waals surface area (Å²) in [6, 6.07) is 6.80. The van der Waals surface area contributed by atoms with Crippen molar-refractivity contribution in [3.8, 4) is 11.5 Å². The first-order chi connectivity index (χ1) is 14.4. The summed E-state index contributed by atoms with van der Waals surface area (Å²) in [7, 11) is 3.08. The lowest BCUT2D eigenvalue weighted by Crippen LogP contribution is -2.41. The Bertz CT molecular complexity index is 1040. The Hall–Kier alpha value is -3.33. The normalized spacial score (nSPS) is 28.7. The fourth-order valence-corrected chi connectivity index (χ4v) is 4.58. The van der Waals surface area contributed by atoms with Crippen LogP contribution in [-0.2, 0) is 14.3 Å². The molecule has 0 unspecified atom stereocenters. The molecule has 3 aliphatic heterocycles. The molecular formula is C21H21N3O6. The van der Waals surface area contributed by atoms with Crippen LogP contribution in [0.15, 0.2) is 40.9 Å². The van der Waals surface area contributed by atoms with Gasteiger partial charge in [-0.2, -0.15) is 0 Å². The number of nitrogens with one attached hydrogen (secondary N) is 1. The zero-order valence-corrected chi connectivity index (χ0v) is 16.7. The number of aromatic nitrogens is 1. The number of benzene rings is 1. The molecule has 156 valence electrons. The van der Waals surface area contributed by atoms with Crippen molar-refractivity contribution >= 4 is 23.3 Å². The number of nitrogens with zero attached hydrogens (tertiary/aromatic N) is 2. The van der Waals surface area contributed by atoms with Gasteiger partial charge in [0.2, 0.25) is 11.8 Å². The van der Waals surface area contributed by atoms with E-state index in [9.17, 15) is 9.59 Å². The second kappa shape index (κ2) is 6.60. The molecule has 1 aromatic carbocycles. The molecule has 0 saturated carbocycles. The third kappa shape index (κ3) is 2.69. The van der Waals surface area contributed by atoms with E-state index in [1.807, 2.05) is 12.2 Å². The number of hydrogen-bond donors (Lipinski definition) is 1. The van der Waals surface area contributed by atoms with Crippen molar-refractivity contribution in [1.29, 1.82) is 0 Å². The number of methoxy groups -OCH3 is 2. The topological polar surface area (TPSA) is 103 Å². The maximum atomic E-state index is 13.3. The van der Waals surface area contributed by atoms with E-state index >= 15 is 0 Å². The van der Waals surface area contributed by atoms with Gasteiger partial charge in [0.1, 0.15) is 22.9 Å². The van der Waals surface area contributed by atoms with Gasteiger partial charge < -0.3 is 24.1 Å². The zero-order valence-electron chi connectivity index (χ0n) is 16.7. The summed E-state index contributed by atoms with van der Waals surface area (Å²) in [6.45, 7) is 2.06. The summed E-state index contributed by atoms with van der Waals surface area (Å²) in [6.07, 6.45) is 3.30. The van der Waals surface area contributed by atoms with Crippen LogP contribution in [0.2, 0.25) is 0 Å². The smallest absolute Gasteiger partial charge is 0.235 e. The largest absolute Gasteiger partial charge is 0.497 e. The molecule has 2 fully saturated rings. The van der Waals surface area contributed by atoms with E-state index in [0.29, 0.717) is 35.3 Å². The van der Waals surface area contributed by atoms with Gasteiger partial charge in [-0.25, -0.2) is 0 Å². The van der Waals surface area contributed by atoms with Crippen molar-refractivity contribution in [2.45, 2.75) is 18.6 Å². The van der Waals surface area contributed by atoms with E-state index in [0.717, 1.165) is 0 Å². The highest BCUT2D eigenvalue weighted by atomic mass is 16.5.